The van der Waals surface area contributed by atoms with E-state index in [1.54, 1.807) is 31.9 Å². The van der Waals surface area contributed by atoms with Crippen LogP contribution in [0.25, 0.3) is 11.3 Å². The predicted molar refractivity (Wildman–Crippen MR) is 99.9 cm³/mol. The monoisotopic (exact) mass is 382 g/mol. The average molecular weight is 382 g/mol. The van der Waals surface area contributed by atoms with Crippen molar-refractivity contribution in [3.63, 3.8) is 0 Å². The van der Waals surface area contributed by atoms with E-state index in [1.807, 2.05) is 0 Å². The lowest BCUT2D eigenvalue weighted by Gasteiger charge is -2.23. The molecular formula is C19H19FN6O2. The fourth-order valence-corrected chi connectivity index (χ4v) is 3.26. The van der Waals surface area contributed by atoms with Gasteiger partial charge in [0.1, 0.15) is 11.9 Å². The maximum absolute atomic E-state index is 13.9. The van der Waals surface area contributed by atoms with Crippen molar-refractivity contribution in [1.82, 2.24) is 24.6 Å². The first-order valence-electron chi connectivity index (χ1n) is 8.70. The summed E-state index contributed by atoms with van der Waals surface area (Å²) >= 11 is 0. The summed E-state index contributed by atoms with van der Waals surface area (Å²) in [7, 11) is 3.46. The first-order chi connectivity index (χ1) is 13.3. The van der Waals surface area contributed by atoms with E-state index in [9.17, 15) is 9.18 Å². The van der Waals surface area contributed by atoms with Crippen molar-refractivity contribution in [2.45, 2.75) is 19.6 Å². The average Bonchev–Trinajstić information content (AvgIpc) is 3.02. The molecule has 144 valence electrons. The van der Waals surface area contributed by atoms with Gasteiger partial charge in [0.25, 0.3) is 11.8 Å². The molecule has 1 atom stereocenters. The largest absolute Gasteiger partial charge is 0.467 e. The van der Waals surface area contributed by atoms with Gasteiger partial charge in [0.15, 0.2) is 5.82 Å². The number of hydrogen-bond donors (Lipinski definition) is 1. The van der Waals surface area contributed by atoms with Crippen LogP contribution in [0.2, 0.25) is 0 Å². The Bertz CT molecular complexity index is 1080. The molecule has 0 spiro atoms. The minimum Gasteiger partial charge on any atom is -0.467 e. The molecule has 1 aliphatic heterocycles. The number of nitrogen functional groups attached to an aromatic ring is 1. The molecule has 3 aromatic rings. The second-order valence-electron chi connectivity index (χ2n) is 6.76. The van der Waals surface area contributed by atoms with Gasteiger partial charge in [-0.05, 0) is 25.1 Å². The number of rotatable bonds is 0. The Labute approximate surface area is 160 Å². The van der Waals surface area contributed by atoms with Gasteiger partial charge >= 0.3 is 0 Å². The second kappa shape index (κ2) is 6.59. The van der Waals surface area contributed by atoms with E-state index >= 15 is 0 Å². The molecule has 1 amide bonds. The molecule has 1 aliphatic rings. The first-order valence-corrected chi connectivity index (χ1v) is 8.70. The molecule has 28 heavy (non-hydrogen) atoms. The minimum atomic E-state index is -0.664. The SMILES string of the molecule is C[C@@H]1Oc2nc(cnc2N)-c2cn(C)nc2CN(C)C(=O)c2ccc(F)cc21. The van der Waals surface area contributed by atoms with Gasteiger partial charge < -0.3 is 15.4 Å². The van der Waals surface area contributed by atoms with Gasteiger partial charge in [-0.1, -0.05) is 0 Å². The molecule has 2 bridgehead atoms. The van der Waals surface area contributed by atoms with Crippen LogP contribution in [-0.4, -0.2) is 37.6 Å². The summed E-state index contributed by atoms with van der Waals surface area (Å²) in [5.74, 6) is -0.488. The van der Waals surface area contributed by atoms with E-state index in [1.165, 1.54) is 29.3 Å². The number of carbonyl (C=O) groups excluding carboxylic acids is 1. The number of nitrogens with two attached hydrogens (primary N) is 1. The van der Waals surface area contributed by atoms with E-state index in [4.69, 9.17) is 10.5 Å². The van der Waals surface area contributed by atoms with Gasteiger partial charge in [-0.25, -0.2) is 14.4 Å². The zero-order chi connectivity index (χ0) is 20.0. The molecule has 4 rings (SSSR count). The summed E-state index contributed by atoms with van der Waals surface area (Å²) in [6.45, 7) is 1.96. The summed E-state index contributed by atoms with van der Waals surface area (Å²) in [5, 5.41) is 4.45. The Kier molecular flexibility index (Phi) is 4.21. The number of aromatic nitrogens is 4. The molecule has 3 heterocycles. The summed E-state index contributed by atoms with van der Waals surface area (Å²) in [4.78, 5) is 23.3. The Balaban J connectivity index is 1.93. The number of anilines is 1. The smallest absolute Gasteiger partial charge is 0.258 e. The van der Waals surface area contributed by atoms with Crippen LogP contribution in [-0.2, 0) is 13.6 Å². The molecule has 0 radical (unpaired) electrons. The van der Waals surface area contributed by atoms with Crippen LogP contribution < -0.4 is 10.5 Å². The third kappa shape index (κ3) is 3.04. The molecule has 0 saturated carbocycles. The van der Waals surface area contributed by atoms with Crippen LogP contribution in [0.4, 0.5) is 10.2 Å². The number of ether oxygens (including phenoxy) is 1. The zero-order valence-electron chi connectivity index (χ0n) is 15.7. The second-order valence-corrected chi connectivity index (χ2v) is 6.76. The number of halogens is 1. The lowest BCUT2D eigenvalue weighted by atomic mass is 10.0. The standard InChI is InChI=1S/C19H19FN6O2/c1-10-13-6-11(20)4-5-12(13)19(27)25(2)9-16-14(8-26(3)24-16)15-7-22-17(21)18(23-15)28-10/h4-8,10H,9H2,1-3H3,(H2,21,22)/t10-/m0/s1. The normalized spacial score (nSPS) is 16.5. The number of benzene rings is 1. The van der Waals surface area contributed by atoms with Crippen LogP contribution in [0.15, 0.2) is 30.6 Å². The molecule has 0 fully saturated rings. The van der Waals surface area contributed by atoms with Gasteiger partial charge in [-0.2, -0.15) is 5.10 Å². The molecule has 0 aliphatic carbocycles. The highest BCUT2D eigenvalue weighted by Crippen LogP contribution is 2.31. The Morgan fingerprint density at radius 3 is 2.86 bits per heavy atom. The zero-order valence-corrected chi connectivity index (χ0v) is 15.7. The highest BCUT2D eigenvalue weighted by atomic mass is 19.1. The van der Waals surface area contributed by atoms with Crippen molar-refractivity contribution in [1.29, 1.82) is 0 Å². The fraction of sp³-hybridized carbons (Fsp3) is 0.263. The summed E-state index contributed by atoms with van der Waals surface area (Å²) < 4.78 is 21.4. The Morgan fingerprint density at radius 2 is 2.07 bits per heavy atom. The summed E-state index contributed by atoms with van der Waals surface area (Å²) in [6.07, 6.45) is 2.67. The van der Waals surface area contributed by atoms with Crippen molar-refractivity contribution in [3.8, 4) is 17.1 Å². The maximum atomic E-state index is 13.9. The van der Waals surface area contributed by atoms with Crippen LogP contribution in [0, 0.1) is 5.82 Å². The van der Waals surface area contributed by atoms with Crippen molar-refractivity contribution in [2.75, 3.05) is 12.8 Å². The number of fused-ring (bicyclic) bond motifs is 5. The molecule has 0 unspecified atom stereocenters. The third-order valence-electron chi connectivity index (χ3n) is 4.65. The van der Waals surface area contributed by atoms with Crippen molar-refractivity contribution < 1.29 is 13.9 Å². The summed E-state index contributed by atoms with van der Waals surface area (Å²) in [6, 6.07) is 4.00. The number of amides is 1. The Hall–Kier alpha value is -3.49. The first kappa shape index (κ1) is 17.9. The molecule has 1 aromatic carbocycles. The van der Waals surface area contributed by atoms with Crippen molar-refractivity contribution in [2.24, 2.45) is 7.05 Å². The predicted octanol–water partition coefficient (Wildman–Crippen LogP) is 2.32. The van der Waals surface area contributed by atoms with Crippen LogP contribution in [0.3, 0.4) is 0 Å². The lowest BCUT2D eigenvalue weighted by molar-refractivity contribution is 0.0778. The number of aryl methyl sites for hydroxylation is 1. The lowest BCUT2D eigenvalue weighted by Crippen LogP contribution is -2.28. The number of hydrogen-bond acceptors (Lipinski definition) is 6. The van der Waals surface area contributed by atoms with Crippen LogP contribution >= 0.6 is 0 Å². The topological polar surface area (TPSA) is 99.2 Å². The highest BCUT2D eigenvalue weighted by Gasteiger charge is 2.25. The van der Waals surface area contributed by atoms with E-state index in [0.717, 1.165) is 5.56 Å². The number of nitrogens with zero attached hydrogens (tertiary/aromatic N) is 5. The van der Waals surface area contributed by atoms with E-state index in [2.05, 4.69) is 15.1 Å². The maximum Gasteiger partial charge on any atom is 0.258 e. The highest BCUT2D eigenvalue weighted by molar-refractivity contribution is 5.95. The molecular weight excluding hydrogens is 363 g/mol. The van der Waals surface area contributed by atoms with Gasteiger partial charge in [0.05, 0.1) is 24.1 Å². The van der Waals surface area contributed by atoms with Crippen LogP contribution in [0.1, 0.15) is 34.6 Å². The van der Waals surface area contributed by atoms with Gasteiger partial charge in [0, 0.05) is 37.0 Å². The van der Waals surface area contributed by atoms with Gasteiger partial charge in [-0.15, -0.1) is 0 Å². The van der Waals surface area contributed by atoms with E-state index in [-0.39, 0.29) is 24.1 Å². The Morgan fingerprint density at radius 1 is 1.29 bits per heavy atom. The molecule has 8 nitrogen and oxygen atoms in total. The van der Waals surface area contributed by atoms with Gasteiger partial charge in [-0.3, -0.25) is 9.48 Å². The fourth-order valence-electron chi connectivity index (χ4n) is 3.26. The van der Waals surface area contributed by atoms with Gasteiger partial charge in [0.2, 0.25) is 0 Å². The third-order valence-corrected chi connectivity index (χ3v) is 4.65. The van der Waals surface area contributed by atoms with E-state index < -0.39 is 11.9 Å². The molecule has 2 aromatic heterocycles. The van der Waals surface area contributed by atoms with E-state index in [0.29, 0.717) is 22.5 Å². The summed E-state index contributed by atoms with van der Waals surface area (Å²) in [5.41, 5.74) is 8.59. The number of carbonyl (C=O) groups is 1. The molecule has 2 N–H and O–H groups in total. The minimum absolute atomic E-state index is 0.111. The van der Waals surface area contributed by atoms with Crippen molar-refractivity contribution >= 4 is 11.7 Å². The van der Waals surface area contributed by atoms with Crippen LogP contribution in [0.5, 0.6) is 5.88 Å². The molecule has 0 saturated heterocycles. The molecule has 9 heteroatoms. The van der Waals surface area contributed by atoms with Crippen molar-refractivity contribution in [3.05, 3.63) is 53.2 Å². The quantitative estimate of drug-likeness (QED) is 0.641.